The Morgan fingerprint density at radius 1 is 1.40 bits per heavy atom. The molecular weight excluding hydrogens is 192 g/mol. The second-order valence-corrected chi connectivity index (χ2v) is 3.47. The third-order valence-electron chi connectivity index (χ3n) is 2.09. The predicted molar refractivity (Wildman–Crippen MR) is 55.1 cm³/mol. The number of rotatable bonds is 4. The summed E-state index contributed by atoms with van der Waals surface area (Å²) in [5.74, 6) is 0. The van der Waals surface area contributed by atoms with E-state index < -0.39 is 0 Å². The lowest BCUT2D eigenvalue weighted by Gasteiger charge is -1.94. The van der Waals surface area contributed by atoms with Gasteiger partial charge in [0.15, 0.2) is 0 Å². The highest BCUT2D eigenvalue weighted by Crippen LogP contribution is 2.00. The van der Waals surface area contributed by atoms with Gasteiger partial charge < -0.3 is 5.73 Å². The van der Waals surface area contributed by atoms with Gasteiger partial charge in [-0.15, -0.1) is 5.10 Å². The minimum atomic E-state index is 0.603. The zero-order valence-corrected chi connectivity index (χ0v) is 8.67. The van der Waals surface area contributed by atoms with Gasteiger partial charge in [0.1, 0.15) is 0 Å². The topological polar surface area (TPSA) is 74.5 Å². The second-order valence-electron chi connectivity index (χ2n) is 3.47. The summed E-state index contributed by atoms with van der Waals surface area (Å²) in [5, 5.41) is 12.1. The average Bonchev–Trinajstić information content (AvgIpc) is 2.78. The van der Waals surface area contributed by atoms with Gasteiger partial charge in [-0.1, -0.05) is 5.21 Å². The van der Waals surface area contributed by atoms with Gasteiger partial charge in [-0.2, -0.15) is 5.10 Å². The van der Waals surface area contributed by atoms with E-state index in [0.717, 1.165) is 17.7 Å². The highest BCUT2D eigenvalue weighted by Gasteiger charge is 2.01. The highest BCUT2D eigenvalue weighted by molar-refractivity contribution is 5.04. The fraction of sp³-hybridized carbons (Fsp3) is 0.444. The quantitative estimate of drug-likeness (QED) is 0.736. The van der Waals surface area contributed by atoms with Crippen LogP contribution in [-0.2, 0) is 20.0 Å². The molecule has 0 atom stereocenters. The number of aromatic nitrogens is 5. The van der Waals surface area contributed by atoms with Gasteiger partial charge in [-0.25, -0.2) is 4.68 Å². The number of aryl methyl sites for hydroxylation is 1. The summed E-state index contributed by atoms with van der Waals surface area (Å²) in [6.07, 6.45) is 6.47. The smallest absolute Gasteiger partial charge is 0.0839 e. The Bertz CT molecular complexity index is 429. The van der Waals surface area contributed by atoms with Crippen LogP contribution in [0.5, 0.6) is 0 Å². The summed E-state index contributed by atoms with van der Waals surface area (Å²) in [5.41, 5.74) is 7.48. The molecule has 0 saturated heterocycles. The second kappa shape index (κ2) is 4.22. The molecule has 0 spiro atoms. The van der Waals surface area contributed by atoms with Crippen LogP contribution in [-0.4, -0.2) is 31.3 Å². The van der Waals surface area contributed by atoms with Crippen molar-refractivity contribution in [1.29, 1.82) is 0 Å². The van der Waals surface area contributed by atoms with Crippen molar-refractivity contribution in [2.75, 3.05) is 6.54 Å². The van der Waals surface area contributed by atoms with Crippen molar-refractivity contribution >= 4 is 0 Å². The average molecular weight is 206 g/mol. The molecule has 0 unspecified atom stereocenters. The first kappa shape index (κ1) is 9.85. The van der Waals surface area contributed by atoms with Crippen molar-refractivity contribution in [3.63, 3.8) is 0 Å². The molecule has 0 aliphatic heterocycles. The molecule has 0 fully saturated rings. The lowest BCUT2D eigenvalue weighted by Crippen LogP contribution is -2.02. The first-order chi connectivity index (χ1) is 7.28. The van der Waals surface area contributed by atoms with Gasteiger partial charge >= 0.3 is 0 Å². The maximum absolute atomic E-state index is 5.44. The zero-order valence-electron chi connectivity index (χ0n) is 8.67. The molecule has 0 amide bonds. The molecular formula is C9H14N6. The molecule has 80 valence electrons. The van der Waals surface area contributed by atoms with Crippen molar-refractivity contribution in [3.8, 4) is 0 Å². The van der Waals surface area contributed by atoms with E-state index in [0.29, 0.717) is 13.1 Å². The number of nitrogens with zero attached hydrogens (tertiary/aromatic N) is 5. The van der Waals surface area contributed by atoms with E-state index in [9.17, 15) is 0 Å². The lowest BCUT2D eigenvalue weighted by atomic mass is 10.3. The van der Waals surface area contributed by atoms with Crippen LogP contribution in [0, 0.1) is 0 Å². The fourth-order valence-electron chi connectivity index (χ4n) is 1.42. The molecule has 0 bridgehead atoms. The Kier molecular flexibility index (Phi) is 2.77. The molecule has 0 aliphatic rings. The van der Waals surface area contributed by atoms with Crippen LogP contribution in [0.15, 0.2) is 18.6 Å². The summed E-state index contributed by atoms with van der Waals surface area (Å²) in [6.45, 7) is 1.30. The third kappa shape index (κ3) is 2.41. The maximum Gasteiger partial charge on any atom is 0.0839 e. The normalized spacial score (nSPS) is 10.8. The van der Waals surface area contributed by atoms with E-state index >= 15 is 0 Å². The molecule has 0 aromatic carbocycles. The van der Waals surface area contributed by atoms with Gasteiger partial charge in [0, 0.05) is 31.4 Å². The summed E-state index contributed by atoms with van der Waals surface area (Å²) < 4.78 is 3.56. The van der Waals surface area contributed by atoms with Crippen molar-refractivity contribution in [3.05, 3.63) is 29.8 Å². The molecule has 0 radical (unpaired) electrons. The van der Waals surface area contributed by atoms with Crippen LogP contribution in [0.2, 0.25) is 0 Å². The van der Waals surface area contributed by atoms with Crippen molar-refractivity contribution in [2.24, 2.45) is 12.8 Å². The summed E-state index contributed by atoms with van der Waals surface area (Å²) >= 11 is 0. The van der Waals surface area contributed by atoms with Gasteiger partial charge in [-0.05, 0) is 6.54 Å². The molecule has 2 aromatic rings. The van der Waals surface area contributed by atoms with Crippen LogP contribution < -0.4 is 5.73 Å². The van der Waals surface area contributed by atoms with Crippen LogP contribution in [0.1, 0.15) is 11.3 Å². The maximum atomic E-state index is 5.44. The summed E-state index contributed by atoms with van der Waals surface area (Å²) in [7, 11) is 1.89. The van der Waals surface area contributed by atoms with Crippen molar-refractivity contribution < 1.29 is 0 Å². The molecule has 15 heavy (non-hydrogen) atoms. The number of hydrogen-bond donors (Lipinski definition) is 1. The third-order valence-corrected chi connectivity index (χ3v) is 2.09. The van der Waals surface area contributed by atoms with Crippen LogP contribution >= 0.6 is 0 Å². The van der Waals surface area contributed by atoms with E-state index in [1.54, 1.807) is 9.36 Å². The van der Waals surface area contributed by atoms with Crippen molar-refractivity contribution in [1.82, 2.24) is 24.8 Å². The number of nitrogens with two attached hydrogens (primary N) is 1. The molecule has 2 N–H and O–H groups in total. The monoisotopic (exact) mass is 206 g/mol. The highest BCUT2D eigenvalue weighted by atomic mass is 15.4. The van der Waals surface area contributed by atoms with Gasteiger partial charge in [0.2, 0.25) is 0 Å². The van der Waals surface area contributed by atoms with E-state index in [2.05, 4.69) is 15.4 Å². The number of hydrogen-bond acceptors (Lipinski definition) is 4. The molecule has 2 heterocycles. The van der Waals surface area contributed by atoms with Gasteiger partial charge in [0.05, 0.1) is 18.4 Å². The van der Waals surface area contributed by atoms with Gasteiger partial charge in [0.25, 0.3) is 0 Å². The molecule has 2 rings (SSSR count). The minimum Gasteiger partial charge on any atom is -0.330 e. The summed E-state index contributed by atoms with van der Waals surface area (Å²) in [4.78, 5) is 0. The Labute approximate surface area is 87.7 Å². The molecule has 0 saturated carbocycles. The lowest BCUT2D eigenvalue weighted by molar-refractivity contribution is 0.648. The molecule has 2 aromatic heterocycles. The van der Waals surface area contributed by atoms with Crippen LogP contribution in [0.4, 0.5) is 0 Å². The van der Waals surface area contributed by atoms with E-state index in [4.69, 9.17) is 5.73 Å². The predicted octanol–water partition coefficient (Wildman–Crippen LogP) is -0.439. The Hall–Kier alpha value is -1.69. The minimum absolute atomic E-state index is 0.603. The van der Waals surface area contributed by atoms with Crippen LogP contribution in [0.25, 0.3) is 0 Å². The zero-order chi connectivity index (χ0) is 10.7. The van der Waals surface area contributed by atoms with Crippen molar-refractivity contribution in [2.45, 2.75) is 13.0 Å². The van der Waals surface area contributed by atoms with Crippen LogP contribution in [0.3, 0.4) is 0 Å². The fourth-order valence-corrected chi connectivity index (χ4v) is 1.42. The molecule has 0 aliphatic carbocycles. The largest absolute Gasteiger partial charge is 0.330 e. The molecule has 6 nitrogen and oxygen atoms in total. The van der Waals surface area contributed by atoms with E-state index in [-0.39, 0.29) is 0 Å². The van der Waals surface area contributed by atoms with Gasteiger partial charge in [-0.3, -0.25) is 4.68 Å². The molecule has 6 heteroatoms. The first-order valence-electron chi connectivity index (χ1n) is 4.84. The first-order valence-corrected chi connectivity index (χ1v) is 4.84. The Morgan fingerprint density at radius 3 is 2.93 bits per heavy atom. The Balaban J connectivity index is 2.04. The Morgan fingerprint density at radius 2 is 2.27 bits per heavy atom. The van der Waals surface area contributed by atoms with E-state index in [1.807, 2.05) is 25.6 Å². The summed E-state index contributed by atoms with van der Waals surface area (Å²) in [6, 6.07) is 0. The van der Waals surface area contributed by atoms with E-state index in [1.165, 1.54) is 0 Å². The standard InChI is InChI=1S/C9H14N6/c1-14-5-8(4-11-14)6-15-7-9(2-3-10)12-13-15/h4-5,7H,2-3,6,10H2,1H3. The SMILES string of the molecule is Cn1cc(Cn2cc(CCN)nn2)cn1.